The molecule has 1 aromatic carbocycles. The number of sulfone groups is 1. The van der Waals surface area contributed by atoms with Crippen molar-refractivity contribution < 1.29 is 8.42 Å². The number of hydrogen-bond acceptors (Lipinski definition) is 5. The molecule has 1 saturated heterocycles. The van der Waals surface area contributed by atoms with Crippen LogP contribution in [0.25, 0.3) is 11.4 Å². The van der Waals surface area contributed by atoms with Crippen LogP contribution in [0.5, 0.6) is 0 Å². The van der Waals surface area contributed by atoms with E-state index in [-0.39, 0.29) is 17.5 Å². The van der Waals surface area contributed by atoms with E-state index in [0.717, 1.165) is 17.9 Å². The minimum absolute atomic E-state index is 0.00663. The standard InChI is InChI=1S/C20H27ClN4O2S2/c1-4-10-24-19(16-5-7-17(21)8-6-16)22-25(20(24)28)14-23(12-15(2)3)18-9-11-29(26,27)13-18/h4-8,15,18H,1,9-14H2,2-3H3. The van der Waals surface area contributed by atoms with E-state index < -0.39 is 9.84 Å². The van der Waals surface area contributed by atoms with Crippen molar-refractivity contribution in [3.05, 3.63) is 46.7 Å². The van der Waals surface area contributed by atoms with Gasteiger partial charge in [-0.3, -0.25) is 9.47 Å². The zero-order valence-electron chi connectivity index (χ0n) is 16.8. The van der Waals surface area contributed by atoms with Gasteiger partial charge in [-0.25, -0.2) is 13.1 Å². The molecule has 0 spiro atoms. The lowest BCUT2D eigenvalue weighted by atomic mass is 10.1. The number of allylic oxidation sites excluding steroid dienone is 1. The summed E-state index contributed by atoms with van der Waals surface area (Å²) in [5, 5.41) is 5.44. The third-order valence-corrected chi connectivity index (χ3v) is 7.41. The molecule has 2 heterocycles. The summed E-state index contributed by atoms with van der Waals surface area (Å²) in [6, 6.07) is 7.47. The minimum atomic E-state index is -2.97. The highest BCUT2D eigenvalue weighted by Crippen LogP contribution is 2.23. The normalized spacial score (nSPS) is 18.6. The van der Waals surface area contributed by atoms with Gasteiger partial charge in [0.1, 0.15) is 0 Å². The smallest absolute Gasteiger partial charge is 0.199 e. The van der Waals surface area contributed by atoms with Crippen LogP contribution < -0.4 is 0 Å². The summed E-state index contributed by atoms with van der Waals surface area (Å²) in [7, 11) is -2.97. The number of aromatic nitrogens is 3. The summed E-state index contributed by atoms with van der Waals surface area (Å²) in [5.74, 6) is 1.59. The van der Waals surface area contributed by atoms with Gasteiger partial charge in [0, 0.05) is 29.7 Å². The lowest BCUT2D eigenvalue weighted by molar-refractivity contribution is 0.137. The summed E-state index contributed by atoms with van der Waals surface area (Å²) in [6.45, 7) is 9.88. The van der Waals surface area contributed by atoms with E-state index in [1.807, 2.05) is 28.8 Å². The first-order valence-electron chi connectivity index (χ1n) is 9.69. The minimum Gasteiger partial charge on any atom is -0.296 e. The Morgan fingerprint density at radius 3 is 2.62 bits per heavy atom. The van der Waals surface area contributed by atoms with E-state index in [1.165, 1.54) is 0 Å². The van der Waals surface area contributed by atoms with Gasteiger partial charge in [-0.05, 0) is 48.8 Å². The van der Waals surface area contributed by atoms with Crippen molar-refractivity contribution in [1.82, 2.24) is 19.2 Å². The molecule has 0 N–H and O–H groups in total. The van der Waals surface area contributed by atoms with Crippen LogP contribution in [0.15, 0.2) is 36.9 Å². The lowest BCUT2D eigenvalue weighted by Crippen LogP contribution is -2.40. The zero-order chi connectivity index (χ0) is 21.2. The van der Waals surface area contributed by atoms with Crippen molar-refractivity contribution in [1.29, 1.82) is 0 Å². The van der Waals surface area contributed by atoms with E-state index >= 15 is 0 Å². The van der Waals surface area contributed by atoms with Crippen LogP contribution in [0, 0.1) is 10.7 Å². The van der Waals surface area contributed by atoms with E-state index in [1.54, 1.807) is 10.8 Å². The fraction of sp³-hybridized carbons (Fsp3) is 0.500. The first-order valence-corrected chi connectivity index (χ1v) is 12.3. The van der Waals surface area contributed by atoms with E-state index in [2.05, 4.69) is 25.3 Å². The Morgan fingerprint density at radius 1 is 1.38 bits per heavy atom. The average molecular weight is 455 g/mol. The number of benzene rings is 1. The lowest BCUT2D eigenvalue weighted by Gasteiger charge is -2.29. The molecule has 0 saturated carbocycles. The Kier molecular flexibility index (Phi) is 6.98. The van der Waals surface area contributed by atoms with Crippen LogP contribution in [0.4, 0.5) is 0 Å². The van der Waals surface area contributed by atoms with E-state index in [4.69, 9.17) is 28.9 Å². The van der Waals surface area contributed by atoms with Crippen LogP contribution in [0.2, 0.25) is 5.02 Å². The summed E-state index contributed by atoms with van der Waals surface area (Å²) in [5.41, 5.74) is 0.917. The van der Waals surface area contributed by atoms with Gasteiger partial charge in [-0.15, -0.1) is 6.58 Å². The third kappa shape index (κ3) is 5.36. The molecule has 1 fully saturated rings. The van der Waals surface area contributed by atoms with Crippen molar-refractivity contribution in [3.63, 3.8) is 0 Å². The predicted molar refractivity (Wildman–Crippen MR) is 120 cm³/mol. The van der Waals surface area contributed by atoms with Gasteiger partial charge in [-0.1, -0.05) is 31.5 Å². The van der Waals surface area contributed by atoms with Crippen LogP contribution in [-0.4, -0.2) is 51.8 Å². The van der Waals surface area contributed by atoms with Crippen molar-refractivity contribution in [2.24, 2.45) is 5.92 Å². The van der Waals surface area contributed by atoms with Crippen molar-refractivity contribution in [2.45, 2.75) is 39.5 Å². The van der Waals surface area contributed by atoms with Gasteiger partial charge in [0.05, 0.1) is 18.2 Å². The van der Waals surface area contributed by atoms with Crippen LogP contribution in [-0.2, 0) is 23.1 Å². The monoisotopic (exact) mass is 454 g/mol. The quantitative estimate of drug-likeness (QED) is 0.445. The molecular formula is C20H27ClN4O2S2. The van der Waals surface area contributed by atoms with Crippen molar-refractivity contribution in [3.8, 4) is 11.4 Å². The molecule has 0 bridgehead atoms. The highest BCUT2D eigenvalue weighted by atomic mass is 35.5. The molecule has 6 nitrogen and oxygen atoms in total. The number of rotatable bonds is 8. The Bertz CT molecular complexity index is 1030. The maximum absolute atomic E-state index is 12.0. The second kappa shape index (κ2) is 9.12. The average Bonchev–Trinajstić information content (AvgIpc) is 3.16. The molecule has 2 aromatic rings. The summed E-state index contributed by atoms with van der Waals surface area (Å²) >= 11 is 11.7. The Labute approximate surface area is 182 Å². The molecule has 0 aliphatic carbocycles. The molecule has 29 heavy (non-hydrogen) atoms. The van der Waals surface area contributed by atoms with E-state index in [9.17, 15) is 8.42 Å². The summed E-state index contributed by atoms with van der Waals surface area (Å²) < 4.78 is 28.3. The second-order valence-corrected chi connectivity index (χ2v) is 10.9. The van der Waals surface area contributed by atoms with Crippen molar-refractivity contribution >= 4 is 33.7 Å². The zero-order valence-corrected chi connectivity index (χ0v) is 19.2. The van der Waals surface area contributed by atoms with E-state index in [0.29, 0.717) is 35.3 Å². The van der Waals surface area contributed by atoms with Gasteiger partial charge in [0.15, 0.2) is 20.4 Å². The molecule has 158 valence electrons. The Balaban J connectivity index is 1.96. The fourth-order valence-electron chi connectivity index (χ4n) is 3.67. The van der Waals surface area contributed by atoms with Gasteiger partial charge >= 0.3 is 0 Å². The molecule has 1 aliphatic rings. The number of hydrogen-bond donors (Lipinski definition) is 0. The molecule has 1 atom stereocenters. The Morgan fingerprint density at radius 2 is 2.07 bits per heavy atom. The number of halogens is 1. The summed E-state index contributed by atoms with van der Waals surface area (Å²) in [4.78, 5) is 2.20. The second-order valence-electron chi connectivity index (χ2n) is 7.88. The van der Waals surface area contributed by atoms with Gasteiger partial charge < -0.3 is 0 Å². The van der Waals surface area contributed by atoms with Crippen LogP contribution >= 0.6 is 23.8 Å². The fourth-order valence-corrected chi connectivity index (χ4v) is 5.81. The Hall–Kier alpha value is -1.48. The highest BCUT2D eigenvalue weighted by molar-refractivity contribution is 7.91. The molecule has 1 aliphatic heterocycles. The van der Waals surface area contributed by atoms with Crippen LogP contribution in [0.1, 0.15) is 20.3 Å². The van der Waals surface area contributed by atoms with Gasteiger partial charge in [0.25, 0.3) is 0 Å². The molecule has 1 unspecified atom stereocenters. The maximum Gasteiger partial charge on any atom is 0.199 e. The van der Waals surface area contributed by atoms with Crippen LogP contribution in [0.3, 0.4) is 0 Å². The maximum atomic E-state index is 12.0. The molecular weight excluding hydrogens is 428 g/mol. The molecule has 9 heteroatoms. The molecule has 1 aromatic heterocycles. The van der Waals surface area contributed by atoms with Crippen molar-refractivity contribution in [2.75, 3.05) is 18.1 Å². The number of nitrogens with zero attached hydrogens (tertiary/aromatic N) is 4. The van der Waals surface area contributed by atoms with Gasteiger partial charge in [-0.2, -0.15) is 5.10 Å². The first kappa shape index (κ1) is 22.2. The highest BCUT2D eigenvalue weighted by Gasteiger charge is 2.33. The predicted octanol–water partition coefficient (Wildman–Crippen LogP) is 4.02. The largest absolute Gasteiger partial charge is 0.296 e. The third-order valence-electron chi connectivity index (χ3n) is 4.98. The van der Waals surface area contributed by atoms with Gasteiger partial charge in [0.2, 0.25) is 0 Å². The first-order chi connectivity index (χ1) is 13.7. The molecule has 0 amide bonds. The SMILES string of the molecule is C=CCn1c(-c2ccc(Cl)cc2)nn(CN(CC(C)C)C2CCS(=O)(=O)C2)c1=S. The molecule has 3 rings (SSSR count). The summed E-state index contributed by atoms with van der Waals surface area (Å²) in [6.07, 6.45) is 2.44. The topological polar surface area (TPSA) is 60.1 Å². The molecule has 0 radical (unpaired) electrons.